The third kappa shape index (κ3) is 2.10. The van der Waals surface area contributed by atoms with Crippen LogP contribution in [-0.4, -0.2) is 25.4 Å². The van der Waals surface area contributed by atoms with E-state index in [1.807, 2.05) is 24.3 Å². The van der Waals surface area contributed by atoms with E-state index in [4.69, 9.17) is 5.11 Å². The fourth-order valence-corrected chi connectivity index (χ4v) is 2.12. The second kappa shape index (κ2) is 4.47. The molecule has 2 aromatic heterocycles. The number of hydrogen-bond donors (Lipinski definition) is 1. The van der Waals surface area contributed by atoms with Crippen molar-refractivity contribution in [3.05, 3.63) is 53.2 Å². The predicted molar refractivity (Wildman–Crippen MR) is 73.1 cm³/mol. The van der Waals surface area contributed by atoms with Gasteiger partial charge in [0.1, 0.15) is 12.0 Å². The molecular weight excluding hydrogens is 310 g/mol. The first-order chi connectivity index (χ1) is 9.15. The summed E-state index contributed by atoms with van der Waals surface area (Å²) in [5.41, 5.74) is 2.31. The van der Waals surface area contributed by atoms with Crippen LogP contribution in [0, 0.1) is 0 Å². The molecule has 0 aliphatic heterocycles. The van der Waals surface area contributed by atoms with Gasteiger partial charge in [-0.05, 0) is 17.7 Å². The van der Waals surface area contributed by atoms with Crippen LogP contribution in [0.25, 0.3) is 16.8 Å². The van der Waals surface area contributed by atoms with Crippen LogP contribution in [0.2, 0.25) is 0 Å². The van der Waals surface area contributed by atoms with Crippen LogP contribution in [0.5, 0.6) is 0 Å². The van der Waals surface area contributed by atoms with Gasteiger partial charge in [0.25, 0.3) is 0 Å². The number of aromatic nitrogens is 3. The number of benzene rings is 1. The normalized spacial score (nSPS) is 10.8. The van der Waals surface area contributed by atoms with Crippen LogP contribution >= 0.6 is 15.9 Å². The van der Waals surface area contributed by atoms with Crippen molar-refractivity contribution in [2.24, 2.45) is 0 Å². The Kier molecular flexibility index (Phi) is 2.79. The number of carboxylic acids is 1. The van der Waals surface area contributed by atoms with Gasteiger partial charge in [-0.3, -0.25) is 4.40 Å². The summed E-state index contributed by atoms with van der Waals surface area (Å²) in [5, 5.41) is 8.98. The Hall–Kier alpha value is -2.21. The molecule has 1 N–H and O–H groups in total. The molecule has 0 unspecified atom stereocenters. The monoisotopic (exact) mass is 317 g/mol. The zero-order chi connectivity index (χ0) is 13.4. The summed E-state index contributed by atoms with van der Waals surface area (Å²) < 4.78 is 2.59. The summed E-state index contributed by atoms with van der Waals surface area (Å²) in [6, 6.07) is 7.69. The molecule has 0 aliphatic rings. The number of halogens is 1. The molecule has 0 saturated heterocycles. The summed E-state index contributed by atoms with van der Waals surface area (Å²) in [6.07, 6.45) is 4.67. The van der Waals surface area contributed by atoms with Crippen molar-refractivity contribution in [2.75, 3.05) is 0 Å². The quantitative estimate of drug-likeness (QED) is 0.789. The molecule has 0 aliphatic carbocycles. The van der Waals surface area contributed by atoms with E-state index in [9.17, 15) is 4.79 Å². The van der Waals surface area contributed by atoms with Gasteiger partial charge < -0.3 is 5.11 Å². The molecule has 0 bridgehead atoms. The second-order valence-corrected chi connectivity index (χ2v) is 4.89. The van der Waals surface area contributed by atoms with Crippen LogP contribution in [0.4, 0.5) is 0 Å². The maximum absolute atomic E-state index is 11.0. The van der Waals surface area contributed by atoms with Crippen molar-refractivity contribution in [2.45, 2.75) is 0 Å². The highest BCUT2D eigenvalue weighted by molar-refractivity contribution is 9.10. The molecule has 3 aromatic rings. The maximum atomic E-state index is 11.0. The zero-order valence-corrected chi connectivity index (χ0v) is 11.2. The van der Waals surface area contributed by atoms with Gasteiger partial charge in [-0.25, -0.2) is 14.8 Å². The van der Waals surface area contributed by atoms with E-state index in [1.165, 1.54) is 12.5 Å². The summed E-state index contributed by atoms with van der Waals surface area (Å²) in [7, 11) is 0. The minimum atomic E-state index is -1.05. The average molecular weight is 318 g/mol. The van der Waals surface area contributed by atoms with Crippen LogP contribution in [0.1, 0.15) is 10.5 Å². The SMILES string of the molecule is O=C(O)c1cn2cncc(-c3ccc(Br)cc3)c2n1. The van der Waals surface area contributed by atoms with Crippen molar-refractivity contribution >= 4 is 27.5 Å². The molecule has 0 radical (unpaired) electrons. The Morgan fingerprint density at radius 2 is 2.00 bits per heavy atom. The highest BCUT2D eigenvalue weighted by atomic mass is 79.9. The Labute approximate surface area is 116 Å². The Morgan fingerprint density at radius 1 is 1.26 bits per heavy atom. The lowest BCUT2D eigenvalue weighted by atomic mass is 10.1. The average Bonchev–Trinajstić information content (AvgIpc) is 2.83. The van der Waals surface area contributed by atoms with Gasteiger partial charge in [0.05, 0.1) is 0 Å². The molecule has 0 atom stereocenters. The van der Waals surface area contributed by atoms with Crippen molar-refractivity contribution < 1.29 is 9.90 Å². The van der Waals surface area contributed by atoms with Crippen LogP contribution in [0.15, 0.2) is 47.5 Å². The molecule has 5 nitrogen and oxygen atoms in total. The van der Waals surface area contributed by atoms with E-state index in [2.05, 4.69) is 25.9 Å². The number of carboxylic acid groups (broad SMARTS) is 1. The van der Waals surface area contributed by atoms with Gasteiger partial charge in [-0.1, -0.05) is 28.1 Å². The zero-order valence-electron chi connectivity index (χ0n) is 9.62. The van der Waals surface area contributed by atoms with E-state index in [-0.39, 0.29) is 5.69 Å². The van der Waals surface area contributed by atoms with Gasteiger partial charge in [0.2, 0.25) is 0 Å². The van der Waals surface area contributed by atoms with E-state index >= 15 is 0 Å². The number of fused-ring (bicyclic) bond motifs is 1. The largest absolute Gasteiger partial charge is 0.476 e. The molecule has 0 saturated carbocycles. The lowest BCUT2D eigenvalue weighted by Gasteiger charge is -2.03. The smallest absolute Gasteiger partial charge is 0.356 e. The Bertz CT molecular complexity index is 765. The highest BCUT2D eigenvalue weighted by Crippen LogP contribution is 2.24. The predicted octanol–water partition coefficient (Wildman–Crippen LogP) is 2.86. The van der Waals surface area contributed by atoms with Gasteiger partial charge in [0.15, 0.2) is 5.69 Å². The first-order valence-corrected chi connectivity index (χ1v) is 6.26. The molecule has 1 aromatic carbocycles. The molecule has 6 heteroatoms. The summed E-state index contributed by atoms with van der Waals surface area (Å²) >= 11 is 3.38. The number of imidazole rings is 1. The van der Waals surface area contributed by atoms with Gasteiger partial charge in [-0.2, -0.15) is 0 Å². The number of rotatable bonds is 2. The minimum Gasteiger partial charge on any atom is -0.476 e. The number of aromatic carboxylic acids is 1. The molecule has 3 rings (SSSR count). The van der Waals surface area contributed by atoms with E-state index in [1.54, 1.807) is 10.6 Å². The lowest BCUT2D eigenvalue weighted by molar-refractivity contribution is 0.0691. The fraction of sp³-hybridized carbons (Fsp3) is 0. The number of carbonyl (C=O) groups is 1. The molecule has 0 fully saturated rings. The molecule has 94 valence electrons. The summed E-state index contributed by atoms with van der Waals surface area (Å²) in [4.78, 5) is 19.2. The van der Waals surface area contributed by atoms with E-state index in [0.29, 0.717) is 5.65 Å². The Morgan fingerprint density at radius 3 is 2.68 bits per heavy atom. The van der Waals surface area contributed by atoms with Crippen LogP contribution in [0.3, 0.4) is 0 Å². The van der Waals surface area contributed by atoms with Crippen molar-refractivity contribution in [1.29, 1.82) is 0 Å². The van der Waals surface area contributed by atoms with Crippen molar-refractivity contribution in [1.82, 2.24) is 14.4 Å². The maximum Gasteiger partial charge on any atom is 0.356 e. The van der Waals surface area contributed by atoms with Gasteiger partial charge in [-0.15, -0.1) is 0 Å². The highest BCUT2D eigenvalue weighted by Gasteiger charge is 2.12. The molecule has 0 amide bonds. The molecular formula is C13H8BrN3O2. The molecule has 19 heavy (non-hydrogen) atoms. The van der Waals surface area contributed by atoms with E-state index < -0.39 is 5.97 Å². The van der Waals surface area contributed by atoms with Crippen molar-refractivity contribution in [3.8, 4) is 11.1 Å². The van der Waals surface area contributed by atoms with Crippen LogP contribution in [-0.2, 0) is 0 Å². The summed E-state index contributed by atoms with van der Waals surface area (Å²) in [5.74, 6) is -1.05. The molecule has 2 heterocycles. The molecule has 0 spiro atoms. The van der Waals surface area contributed by atoms with Gasteiger partial charge in [0, 0.05) is 22.4 Å². The summed E-state index contributed by atoms with van der Waals surface area (Å²) in [6.45, 7) is 0. The number of hydrogen-bond acceptors (Lipinski definition) is 3. The number of nitrogens with zero attached hydrogens (tertiary/aromatic N) is 3. The first kappa shape index (κ1) is 11.9. The third-order valence-corrected chi connectivity index (χ3v) is 3.27. The Balaban J connectivity index is 2.23. The van der Waals surface area contributed by atoms with E-state index in [0.717, 1.165) is 15.6 Å². The minimum absolute atomic E-state index is 0.00589. The second-order valence-electron chi connectivity index (χ2n) is 3.98. The lowest BCUT2D eigenvalue weighted by Crippen LogP contribution is -1.95. The standard InChI is InChI=1S/C13H8BrN3O2/c14-9-3-1-8(2-4-9)10-5-15-7-17-6-11(13(18)19)16-12(10)17/h1-7H,(H,18,19). The fourth-order valence-electron chi connectivity index (χ4n) is 1.85. The van der Waals surface area contributed by atoms with Crippen molar-refractivity contribution in [3.63, 3.8) is 0 Å². The topological polar surface area (TPSA) is 67.5 Å². The van der Waals surface area contributed by atoms with Gasteiger partial charge >= 0.3 is 5.97 Å². The third-order valence-electron chi connectivity index (χ3n) is 2.74. The first-order valence-electron chi connectivity index (χ1n) is 5.47. The van der Waals surface area contributed by atoms with Crippen LogP contribution < -0.4 is 0 Å².